The van der Waals surface area contributed by atoms with Crippen molar-refractivity contribution in [1.82, 2.24) is 20.4 Å². The van der Waals surface area contributed by atoms with Gasteiger partial charge in [-0.3, -0.25) is 9.89 Å². The van der Waals surface area contributed by atoms with E-state index in [9.17, 15) is 0 Å². The number of aliphatic imine (C=N–C) groups is 1. The number of likely N-dealkylation sites (N-methyl/N-ethyl adjacent to an activating group) is 1. The monoisotopic (exact) mass is 519 g/mol. The highest BCUT2D eigenvalue weighted by Crippen LogP contribution is 2.20. The number of nitrogens with one attached hydrogen (secondary N) is 2. The van der Waals surface area contributed by atoms with E-state index in [1.807, 2.05) is 19.2 Å². The van der Waals surface area contributed by atoms with Crippen LogP contribution in [0.15, 0.2) is 41.4 Å². The second-order valence-corrected chi connectivity index (χ2v) is 8.07. The average molecular weight is 520 g/mol. The normalized spacial score (nSPS) is 17.1. The molecule has 158 valence electrons. The quantitative estimate of drug-likeness (QED) is 0.249. The number of halogens is 2. The molecule has 2 rings (SSSR count). The Bertz CT molecular complexity index is 624. The van der Waals surface area contributed by atoms with Crippen LogP contribution in [0.3, 0.4) is 0 Å². The summed E-state index contributed by atoms with van der Waals surface area (Å²) in [4.78, 5) is 9.10. The number of hydrogen-bond donors (Lipinski definition) is 2. The van der Waals surface area contributed by atoms with E-state index in [4.69, 9.17) is 11.6 Å². The van der Waals surface area contributed by atoms with Crippen LogP contribution in [-0.4, -0.2) is 69.1 Å². The van der Waals surface area contributed by atoms with Crippen molar-refractivity contribution in [3.05, 3.63) is 47.0 Å². The van der Waals surface area contributed by atoms with Gasteiger partial charge in [-0.15, -0.1) is 24.0 Å². The molecule has 0 radical (unpaired) electrons. The van der Waals surface area contributed by atoms with E-state index in [0.29, 0.717) is 6.04 Å². The zero-order chi connectivity index (χ0) is 19.8. The lowest BCUT2D eigenvalue weighted by Crippen LogP contribution is -2.50. The molecule has 1 aliphatic heterocycles. The Kier molecular flexibility index (Phi) is 11.4. The van der Waals surface area contributed by atoms with Crippen LogP contribution in [0, 0.1) is 0 Å². The number of piperidine rings is 1. The van der Waals surface area contributed by atoms with Crippen LogP contribution in [0.1, 0.15) is 31.4 Å². The Balaban J connectivity index is 0.00000392. The molecule has 28 heavy (non-hydrogen) atoms. The van der Waals surface area contributed by atoms with Crippen LogP contribution in [0.5, 0.6) is 0 Å². The van der Waals surface area contributed by atoms with Gasteiger partial charge in [0.1, 0.15) is 0 Å². The van der Waals surface area contributed by atoms with Crippen LogP contribution in [0.25, 0.3) is 0 Å². The summed E-state index contributed by atoms with van der Waals surface area (Å²) < 4.78 is 0. The van der Waals surface area contributed by atoms with Crippen molar-refractivity contribution in [3.63, 3.8) is 0 Å². The Labute approximate surface area is 192 Å². The number of benzene rings is 1. The van der Waals surface area contributed by atoms with Crippen molar-refractivity contribution in [2.24, 2.45) is 4.99 Å². The van der Waals surface area contributed by atoms with E-state index in [1.54, 1.807) is 0 Å². The minimum absolute atomic E-state index is 0. The molecule has 1 atom stereocenters. The molecular formula is C21H35ClIN5. The maximum absolute atomic E-state index is 6.03. The predicted octanol–water partition coefficient (Wildman–Crippen LogP) is 3.77. The van der Waals surface area contributed by atoms with Crippen LogP contribution < -0.4 is 10.6 Å². The average Bonchev–Trinajstić information content (AvgIpc) is 2.63. The van der Waals surface area contributed by atoms with Crippen LogP contribution >= 0.6 is 35.6 Å². The number of likely N-dealkylation sites (tertiary alicyclic amines) is 1. The summed E-state index contributed by atoms with van der Waals surface area (Å²) in [5.74, 6) is 0.870. The molecule has 0 spiro atoms. The number of nitrogens with zero attached hydrogens (tertiary/aromatic N) is 3. The standard InChI is InChI=1S/C21H34ClN5.HI/c1-16(2)15-27-12-10-19(11-13-27)25-21(23-3)24-14-20(26(4)5)17-6-8-18(22)9-7-17;/h6-9,19-20H,1,10-15H2,2-5H3,(H2,23,24,25);1H. The van der Waals surface area contributed by atoms with Gasteiger partial charge < -0.3 is 15.5 Å². The van der Waals surface area contributed by atoms with E-state index < -0.39 is 0 Å². The lowest BCUT2D eigenvalue weighted by atomic mass is 10.0. The minimum Gasteiger partial charge on any atom is -0.354 e. The molecule has 1 heterocycles. The summed E-state index contributed by atoms with van der Waals surface area (Å²) in [7, 11) is 6.02. The third kappa shape index (κ3) is 8.27. The summed E-state index contributed by atoms with van der Waals surface area (Å²) in [6.45, 7) is 10.1. The van der Waals surface area contributed by atoms with Gasteiger partial charge in [-0.25, -0.2) is 0 Å². The Morgan fingerprint density at radius 3 is 2.39 bits per heavy atom. The molecule has 0 aliphatic carbocycles. The zero-order valence-electron chi connectivity index (χ0n) is 17.5. The summed E-state index contributed by atoms with van der Waals surface area (Å²) in [5.41, 5.74) is 2.47. The smallest absolute Gasteiger partial charge is 0.191 e. The molecule has 1 aromatic rings. The highest BCUT2D eigenvalue weighted by atomic mass is 127. The van der Waals surface area contributed by atoms with E-state index in [0.717, 1.165) is 50.0 Å². The first-order chi connectivity index (χ1) is 12.9. The van der Waals surface area contributed by atoms with Crippen LogP contribution in [0.2, 0.25) is 5.02 Å². The molecule has 1 aromatic carbocycles. The predicted molar refractivity (Wildman–Crippen MR) is 132 cm³/mol. The molecule has 0 aromatic heterocycles. The van der Waals surface area contributed by atoms with E-state index in [1.165, 1.54) is 11.1 Å². The third-order valence-electron chi connectivity index (χ3n) is 4.99. The second kappa shape index (κ2) is 12.7. The molecule has 1 unspecified atom stereocenters. The van der Waals surface area contributed by atoms with E-state index >= 15 is 0 Å². The van der Waals surface area contributed by atoms with Crippen molar-refractivity contribution in [2.75, 3.05) is 47.3 Å². The maximum Gasteiger partial charge on any atom is 0.191 e. The van der Waals surface area contributed by atoms with Gasteiger partial charge in [-0.2, -0.15) is 0 Å². The van der Waals surface area contributed by atoms with E-state index in [2.05, 4.69) is 65.2 Å². The van der Waals surface area contributed by atoms with Crippen LogP contribution in [0.4, 0.5) is 0 Å². The first kappa shape index (κ1) is 25.2. The van der Waals surface area contributed by atoms with Crippen molar-refractivity contribution in [3.8, 4) is 0 Å². The van der Waals surface area contributed by atoms with Gasteiger partial charge in [0.15, 0.2) is 5.96 Å². The van der Waals surface area contributed by atoms with Crippen molar-refractivity contribution in [2.45, 2.75) is 31.8 Å². The molecule has 0 saturated carbocycles. The SMILES string of the molecule is C=C(C)CN1CCC(NC(=NC)NCC(c2ccc(Cl)cc2)N(C)C)CC1.I. The molecular weight excluding hydrogens is 485 g/mol. The molecule has 1 saturated heterocycles. The molecule has 2 N–H and O–H groups in total. The molecule has 0 bridgehead atoms. The van der Waals surface area contributed by atoms with Gasteiger partial charge >= 0.3 is 0 Å². The third-order valence-corrected chi connectivity index (χ3v) is 5.24. The second-order valence-electron chi connectivity index (χ2n) is 7.64. The Hall–Kier alpha value is -0.830. The number of guanidine groups is 1. The summed E-state index contributed by atoms with van der Waals surface area (Å²) in [6, 6.07) is 8.77. The highest BCUT2D eigenvalue weighted by Gasteiger charge is 2.20. The highest BCUT2D eigenvalue weighted by molar-refractivity contribution is 14.0. The lowest BCUT2D eigenvalue weighted by molar-refractivity contribution is 0.220. The summed E-state index contributed by atoms with van der Waals surface area (Å²) in [6.07, 6.45) is 2.25. The lowest BCUT2D eigenvalue weighted by Gasteiger charge is -2.33. The van der Waals surface area contributed by atoms with Gasteiger partial charge in [0.2, 0.25) is 0 Å². The molecule has 5 nitrogen and oxygen atoms in total. The van der Waals surface area contributed by atoms with Gasteiger partial charge in [0.05, 0.1) is 6.04 Å². The molecule has 1 fully saturated rings. The Morgan fingerprint density at radius 2 is 1.89 bits per heavy atom. The maximum atomic E-state index is 6.03. The van der Waals surface area contributed by atoms with Crippen molar-refractivity contribution < 1.29 is 0 Å². The zero-order valence-corrected chi connectivity index (χ0v) is 20.6. The topological polar surface area (TPSA) is 42.9 Å². The fourth-order valence-corrected chi connectivity index (χ4v) is 3.61. The fraction of sp³-hybridized carbons (Fsp3) is 0.571. The first-order valence-electron chi connectivity index (χ1n) is 9.65. The van der Waals surface area contributed by atoms with Gasteiger partial charge in [0, 0.05) is 44.3 Å². The largest absolute Gasteiger partial charge is 0.354 e. The number of rotatable bonds is 7. The first-order valence-corrected chi connectivity index (χ1v) is 10.0. The van der Waals surface area contributed by atoms with Gasteiger partial charge in [0.25, 0.3) is 0 Å². The summed E-state index contributed by atoms with van der Waals surface area (Å²) in [5, 5.41) is 7.84. The fourth-order valence-electron chi connectivity index (χ4n) is 3.48. The molecule has 1 aliphatic rings. The van der Waals surface area contributed by atoms with E-state index in [-0.39, 0.29) is 30.0 Å². The molecule has 7 heteroatoms. The Morgan fingerprint density at radius 1 is 1.29 bits per heavy atom. The van der Waals surface area contributed by atoms with Crippen molar-refractivity contribution >= 4 is 41.5 Å². The van der Waals surface area contributed by atoms with Crippen molar-refractivity contribution in [1.29, 1.82) is 0 Å². The van der Waals surface area contributed by atoms with Gasteiger partial charge in [-0.1, -0.05) is 35.9 Å². The summed E-state index contributed by atoms with van der Waals surface area (Å²) >= 11 is 6.03. The van der Waals surface area contributed by atoms with Gasteiger partial charge in [-0.05, 0) is 51.6 Å². The number of hydrogen-bond acceptors (Lipinski definition) is 3. The van der Waals surface area contributed by atoms with Crippen LogP contribution in [-0.2, 0) is 0 Å². The minimum atomic E-state index is 0. The molecule has 0 amide bonds.